The number of nitrogens with two attached hydrogens (primary N) is 2. The van der Waals surface area contributed by atoms with Gasteiger partial charge in [0.2, 0.25) is 5.95 Å². The smallest absolute Gasteiger partial charge is 0.253 e. The molecule has 6 N–H and O–H groups in total. The lowest BCUT2D eigenvalue weighted by molar-refractivity contribution is -0.114. The van der Waals surface area contributed by atoms with Crippen molar-refractivity contribution in [1.82, 2.24) is 10.3 Å². The third kappa shape index (κ3) is 6.49. The van der Waals surface area contributed by atoms with E-state index in [0.29, 0.717) is 18.5 Å². The number of nitrogens with zero attached hydrogens (tertiary/aromatic N) is 3. The van der Waals surface area contributed by atoms with Crippen LogP contribution in [0, 0.1) is 23.1 Å². The number of hydrogen-bond acceptors (Lipinski definition) is 6. The molecule has 172 valence electrons. The number of aromatic nitrogens is 1. The number of halogens is 2. The molecule has 1 aliphatic carbocycles. The minimum absolute atomic E-state index is 0.0791. The van der Waals surface area contributed by atoms with E-state index in [2.05, 4.69) is 26.7 Å². The van der Waals surface area contributed by atoms with Gasteiger partial charge in [-0.3, -0.25) is 4.79 Å². The van der Waals surface area contributed by atoms with Crippen molar-refractivity contribution in [1.29, 1.82) is 5.26 Å². The van der Waals surface area contributed by atoms with E-state index in [1.54, 1.807) is 12.1 Å². The Balaban J connectivity index is 1.72. The normalized spacial score (nSPS) is 21.2. The van der Waals surface area contributed by atoms with Crippen LogP contribution in [0.5, 0.6) is 0 Å². The van der Waals surface area contributed by atoms with Crippen molar-refractivity contribution in [2.75, 3.05) is 5.32 Å². The fourth-order valence-electron chi connectivity index (χ4n) is 3.81. The van der Waals surface area contributed by atoms with Gasteiger partial charge in [-0.15, -0.1) is 0 Å². The second-order valence-corrected chi connectivity index (χ2v) is 7.94. The number of rotatable bonds is 8. The Morgan fingerprint density at radius 3 is 2.67 bits per heavy atom. The maximum atomic E-state index is 13.4. The zero-order chi connectivity index (χ0) is 23.8. The first-order chi connectivity index (χ1) is 15.8. The number of carbonyl (C=O) groups excluding carboxylic acids is 1. The Morgan fingerprint density at radius 2 is 2.03 bits per heavy atom. The van der Waals surface area contributed by atoms with Gasteiger partial charge in [-0.1, -0.05) is 6.07 Å². The van der Waals surface area contributed by atoms with Gasteiger partial charge in [-0.25, -0.2) is 14.4 Å². The monoisotopic (exact) mass is 453 g/mol. The average Bonchev–Trinajstić information content (AvgIpc) is 2.75. The number of benzene rings is 1. The van der Waals surface area contributed by atoms with Gasteiger partial charge in [0.15, 0.2) is 0 Å². The first-order valence-electron chi connectivity index (χ1n) is 10.4. The van der Waals surface area contributed by atoms with Gasteiger partial charge in [-0.05, 0) is 49.9 Å². The van der Waals surface area contributed by atoms with E-state index in [4.69, 9.17) is 11.5 Å². The third-order valence-corrected chi connectivity index (χ3v) is 5.58. The molecule has 8 nitrogen and oxygen atoms in total. The minimum Gasteiger partial charge on any atom is -0.384 e. The second kappa shape index (κ2) is 10.5. The Kier molecular flexibility index (Phi) is 7.56. The van der Waals surface area contributed by atoms with Gasteiger partial charge >= 0.3 is 0 Å². The molecule has 1 heterocycles. The molecule has 33 heavy (non-hydrogen) atoms. The highest BCUT2D eigenvalue weighted by Crippen LogP contribution is 2.33. The van der Waals surface area contributed by atoms with Gasteiger partial charge in [0.1, 0.15) is 11.7 Å². The molecular weight excluding hydrogens is 428 g/mol. The van der Waals surface area contributed by atoms with Crippen molar-refractivity contribution in [3.8, 4) is 6.07 Å². The summed E-state index contributed by atoms with van der Waals surface area (Å²) < 4.78 is 26.7. The largest absolute Gasteiger partial charge is 0.384 e. The van der Waals surface area contributed by atoms with Crippen molar-refractivity contribution in [3.05, 3.63) is 66.1 Å². The summed E-state index contributed by atoms with van der Waals surface area (Å²) in [6, 6.07) is 11.1. The summed E-state index contributed by atoms with van der Waals surface area (Å²) in [4.78, 5) is 19.5. The lowest BCUT2D eigenvalue weighted by Crippen LogP contribution is -2.48. The summed E-state index contributed by atoms with van der Waals surface area (Å²) in [7, 11) is 0. The molecule has 0 spiro atoms. The summed E-state index contributed by atoms with van der Waals surface area (Å²) in [5.41, 5.74) is 11.6. The number of pyridine rings is 1. The van der Waals surface area contributed by atoms with Crippen LogP contribution in [0.3, 0.4) is 0 Å². The van der Waals surface area contributed by atoms with E-state index in [1.165, 1.54) is 30.6 Å². The van der Waals surface area contributed by atoms with Gasteiger partial charge in [0, 0.05) is 35.7 Å². The molecular formula is C23H25F2N7O. The van der Waals surface area contributed by atoms with E-state index in [9.17, 15) is 18.8 Å². The van der Waals surface area contributed by atoms with Crippen LogP contribution in [0.4, 0.5) is 20.2 Å². The maximum Gasteiger partial charge on any atom is 0.253 e. The number of aliphatic imine (C=N–C) groups is 1. The van der Waals surface area contributed by atoms with Crippen molar-refractivity contribution >= 4 is 23.1 Å². The fourth-order valence-corrected chi connectivity index (χ4v) is 3.81. The summed E-state index contributed by atoms with van der Waals surface area (Å²) in [5, 5.41) is 15.9. The number of anilines is 1. The molecule has 3 rings (SSSR count). The Labute approximate surface area is 190 Å². The summed E-state index contributed by atoms with van der Waals surface area (Å²) in [6.45, 7) is 0. The molecule has 0 saturated heterocycles. The van der Waals surface area contributed by atoms with E-state index >= 15 is 0 Å². The molecule has 0 radical (unpaired) electrons. The minimum atomic E-state index is -0.813. The lowest BCUT2D eigenvalue weighted by atomic mass is 9.77. The predicted molar refractivity (Wildman–Crippen MR) is 121 cm³/mol. The van der Waals surface area contributed by atoms with Crippen LogP contribution in [0.25, 0.3) is 0 Å². The molecule has 0 aliphatic heterocycles. The molecule has 1 aromatic carbocycles. The van der Waals surface area contributed by atoms with Crippen LogP contribution in [-0.4, -0.2) is 28.3 Å². The maximum absolute atomic E-state index is 13.4. The number of amides is 1. The molecule has 0 bridgehead atoms. The van der Waals surface area contributed by atoms with Gasteiger partial charge in [0.25, 0.3) is 5.91 Å². The Hall–Kier alpha value is -4.00. The van der Waals surface area contributed by atoms with E-state index < -0.39 is 17.4 Å². The Morgan fingerprint density at radius 1 is 1.27 bits per heavy atom. The first kappa shape index (κ1) is 23.7. The molecule has 2 aromatic rings. The number of nitriles is 1. The molecule has 1 fully saturated rings. The zero-order valence-corrected chi connectivity index (χ0v) is 17.9. The van der Waals surface area contributed by atoms with E-state index in [1.807, 2.05) is 0 Å². The molecule has 1 aromatic heterocycles. The van der Waals surface area contributed by atoms with Crippen molar-refractivity contribution in [2.45, 2.75) is 43.7 Å². The SMILES string of the molecule is N#CCC1(N/C=C(/C(N)=O)C(N)=Nc2ccnc(F)c2)CCC(Nc2cccc(F)c2)CC1. The van der Waals surface area contributed by atoms with E-state index in [0.717, 1.165) is 18.9 Å². The topological polar surface area (TPSA) is 142 Å². The lowest BCUT2D eigenvalue weighted by Gasteiger charge is -2.40. The number of carbonyl (C=O) groups is 1. The molecule has 1 amide bonds. The van der Waals surface area contributed by atoms with Crippen molar-refractivity contribution in [3.63, 3.8) is 0 Å². The summed E-state index contributed by atoms with van der Waals surface area (Å²) in [5.74, 6) is -2.04. The fraction of sp³-hybridized carbons (Fsp3) is 0.304. The average molecular weight is 453 g/mol. The number of primary amides is 1. The standard InChI is InChI=1S/C23H25F2N7O/c24-15-2-1-3-17(12-15)31-16-4-7-23(8-5-16,9-10-26)30-14-19(22(28)33)21(27)32-18-6-11-29-20(25)13-18/h1-3,6,11-14,16,30-31H,4-5,7-9H2,(H2,28,33)(H2,27,29,32)/b19-14+. The predicted octanol–water partition coefficient (Wildman–Crippen LogP) is 3.01. The van der Waals surface area contributed by atoms with E-state index in [-0.39, 0.29) is 35.4 Å². The number of nitrogens with one attached hydrogen (secondary N) is 2. The van der Waals surface area contributed by atoms with Crippen molar-refractivity contribution < 1.29 is 13.6 Å². The van der Waals surface area contributed by atoms with Gasteiger partial charge in [0.05, 0.1) is 23.8 Å². The van der Waals surface area contributed by atoms with Crippen LogP contribution in [0.15, 0.2) is 59.4 Å². The Bertz CT molecular complexity index is 1100. The zero-order valence-electron chi connectivity index (χ0n) is 17.9. The number of amidine groups is 1. The number of hydrogen-bond donors (Lipinski definition) is 4. The van der Waals surface area contributed by atoms with Crippen LogP contribution < -0.4 is 22.1 Å². The molecule has 0 atom stereocenters. The highest BCUT2D eigenvalue weighted by Gasteiger charge is 2.35. The van der Waals surface area contributed by atoms with Gasteiger partial charge in [-0.2, -0.15) is 9.65 Å². The van der Waals surface area contributed by atoms with Gasteiger partial charge < -0.3 is 22.1 Å². The molecule has 1 aliphatic rings. The quantitative estimate of drug-likeness (QED) is 0.209. The first-order valence-corrected chi connectivity index (χ1v) is 10.4. The highest BCUT2D eigenvalue weighted by molar-refractivity contribution is 6.20. The molecule has 10 heteroatoms. The molecule has 0 unspecified atom stereocenters. The van der Waals surface area contributed by atoms with Crippen LogP contribution >= 0.6 is 0 Å². The van der Waals surface area contributed by atoms with Crippen LogP contribution in [-0.2, 0) is 4.79 Å². The second-order valence-electron chi connectivity index (χ2n) is 7.94. The highest BCUT2D eigenvalue weighted by atomic mass is 19.1. The third-order valence-electron chi connectivity index (χ3n) is 5.58. The van der Waals surface area contributed by atoms with Crippen molar-refractivity contribution in [2.24, 2.45) is 16.5 Å². The van der Waals surface area contributed by atoms with Crippen LogP contribution in [0.2, 0.25) is 0 Å². The summed E-state index contributed by atoms with van der Waals surface area (Å²) >= 11 is 0. The summed E-state index contributed by atoms with van der Waals surface area (Å²) in [6.07, 6.45) is 5.51. The van der Waals surface area contributed by atoms with Crippen LogP contribution in [0.1, 0.15) is 32.1 Å². The molecule has 1 saturated carbocycles.